The Hall–Kier alpha value is -1.58. The quantitative estimate of drug-likeness (QED) is 0.610. The molecule has 2 rings (SSSR count). The first kappa shape index (κ1) is 18.8. The third-order valence-electron chi connectivity index (χ3n) is 5.72. The molecule has 4 heteroatoms. The number of hydrogen-bond donors (Lipinski definition) is 2. The Kier molecular flexibility index (Phi) is 4.73. The van der Waals surface area contributed by atoms with E-state index >= 15 is 0 Å². The van der Waals surface area contributed by atoms with Gasteiger partial charge in [-0.05, 0) is 50.4 Å². The predicted octanol–water partition coefficient (Wildman–Crippen LogP) is 3.61. The zero-order valence-electron chi connectivity index (χ0n) is 16.3. The first-order valence-electron chi connectivity index (χ1n) is 8.80. The van der Waals surface area contributed by atoms with Crippen molar-refractivity contribution in [3.63, 3.8) is 0 Å². The summed E-state index contributed by atoms with van der Waals surface area (Å²) in [6, 6.07) is 0. The molecule has 0 heterocycles. The lowest BCUT2D eigenvalue weighted by Crippen LogP contribution is -2.44. The fourth-order valence-corrected chi connectivity index (χ4v) is 3.98. The van der Waals surface area contributed by atoms with Gasteiger partial charge in [-0.3, -0.25) is 20.4 Å². The second kappa shape index (κ2) is 6.05. The van der Waals surface area contributed by atoms with Crippen LogP contribution in [0.5, 0.6) is 0 Å². The molecular weight excluding hydrogens is 300 g/mol. The van der Waals surface area contributed by atoms with Crippen LogP contribution in [0, 0.1) is 34.5 Å². The number of hydrogen-bond acceptors (Lipinski definition) is 2. The summed E-state index contributed by atoms with van der Waals surface area (Å²) < 4.78 is 0. The summed E-state index contributed by atoms with van der Waals surface area (Å²) in [5.74, 6) is 0.161. The number of carbonyl (C=O) groups excluding carboxylic acids is 2. The number of amides is 2. The van der Waals surface area contributed by atoms with Gasteiger partial charge in [-0.15, -0.1) is 0 Å². The van der Waals surface area contributed by atoms with Gasteiger partial charge in [0.1, 0.15) is 0 Å². The average Bonchev–Trinajstić information content (AvgIpc) is 3.15. The third-order valence-corrected chi connectivity index (χ3v) is 5.72. The van der Waals surface area contributed by atoms with Crippen LogP contribution >= 0.6 is 0 Å². The summed E-state index contributed by atoms with van der Waals surface area (Å²) in [4.78, 5) is 24.8. The number of carbonyl (C=O) groups is 2. The van der Waals surface area contributed by atoms with Gasteiger partial charge in [0.15, 0.2) is 0 Å². The Morgan fingerprint density at radius 3 is 1.25 bits per heavy atom. The molecule has 0 aliphatic heterocycles. The Balaban J connectivity index is 1.91. The van der Waals surface area contributed by atoms with Crippen LogP contribution in [0.4, 0.5) is 0 Å². The van der Waals surface area contributed by atoms with E-state index in [1.165, 1.54) is 11.1 Å². The lowest BCUT2D eigenvalue weighted by atomic mass is 10.1. The maximum Gasteiger partial charge on any atom is 0.242 e. The first-order chi connectivity index (χ1) is 10.9. The predicted molar refractivity (Wildman–Crippen MR) is 96.7 cm³/mol. The van der Waals surface area contributed by atoms with Crippen LogP contribution in [-0.2, 0) is 9.59 Å². The second-order valence-electron chi connectivity index (χ2n) is 9.12. The smallest absolute Gasteiger partial charge is 0.242 e. The van der Waals surface area contributed by atoms with E-state index in [1.807, 2.05) is 27.7 Å². The summed E-state index contributed by atoms with van der Waals surface area (Å²) in [7, 11) is 0. The molecule has 24 heavy (non-hydrogen) atoms. The summed E-state index contributed by atoms with van der Waals surface area (Å²) in [6.45, 7) is 16.6. The van der Waals surface area contributed by atoms with Crippen LogP contribution in [0.1, 0.15) is 55.4 Å². The average molecular weight is 332 g/mol. The molecule has 4 atom stereocenters. The molecule has 0 aromatic heterocycles. The highest BCUT2D eigenvalue weighted by atomic mass is 16.2. The van der Waals surface area contributed by atoms with Gasteiger partial charge in [0, 0.05) is 0 Å². The molecule has 0 aromatic carbocycles. The Morgan fingerprint density at radius 2 is 1.00 bits per heavy atom. The molecule has 2 amide bonds. The van der Waals surface area contributed by atoms with E-state index < -0.39 is 0 Å². The molecule has 2 aliphatic rings. The number of allylic oxidation sites excluding steroid dienone is 4. The number of nitrogens with one attached hydrogen (secondary N) is 2. The van der Waals surface area contributed by atoms with Crippen molar-refractivity contribution in [1.82, 2.24) is 10.9 Å². The zero-order chi connectivity index (χ0) is 18.4. The Morgan fingerprint density at radius 1 is 0.708 bits per heavy atom. The minimum atomic E-state index is -0.0897. The zero-order valence-corrected chi connectivity index (χ0v) is 16.3. The number of rotatable bonds is 4. The third kappa shape index (κ3) is 3.42. The van der Waals surface area contributed by atoms with E-state index in [9.17, 15) is 9.59 Å². The molecule has 0 aromatic rings. The first-order valence-corrected chi connectivity index (χ1v) is 8.80. The van der Waals surface area contributed by atoms with Crippen LogP contribution in [0.15, 0.2) is 23.3 Å². The molecule has 0 spiro atoms. The van der Waals surface area contributed by atoms with Gasteiger partial charge in [0.2, 0.25) is 11.8 Å². The van der Waals surface area contributed by atoms with E-state index in [4.69, 9.17) is 0 Å². The highest BCUT2D eigenvalue weighted by Crippen LogP contribution is 2.60. The van der Waals surface area contributed by atoms with E-state index in [0.717, 1.165) is 0 Å². The summed E-state index contributed by atoms with van der Waals surface area (Å²) in [5.41, 5.74) is 7.64. The lowest BCUT2D eigenvalue weighted by Gasteiger charge is -2.08. The van der Waals surface area contributed by atoms with Crippen molar-refractivity contribution in [3.8, 4) is 0 Å². The Labute approximate surface area is 146 Å². The van der Waals surface area contributed by atoms with Gasteiger partial charge in [0.25, 0.3) is 0 Å². The molecule has 2 saturated carbocycles. The lowest BCUT2D eigenvalue weighted by molar-refractivity contribution is -0.131. The minimum absolute atomic E-state index is 0.0461. The highest BCUT2D eigenvalue weighted by Gasteiger charge is 2.62. The molecule has 0 unspecified atom stereocenters. The summed E-state index contributed by atoms with van der Waals surface area (Å²) >= 11 is 0. The molecular formula is C20H32N2O2. The molecule has 4 nitrogen and oxygen atoms in total. The normalized spacial score (nSPS) is 31.5. The highest BCUT2D eigenvalue weighted by molar-refractivity contribution is 5.89. The maximum atomic E-state index is 12.4. The molecule has 0 saturated heterocycles. The van der Waals surface area contributed by atoms with Gasteiger partial charge in [-0.2, -0.15) is 0 Å². The van der Waals surface area contributed by atoms with E-state index in [2.05, 4.69) is 50.7 Å². The van der Waals surface area contributed by atoms with Gasteiger partial charge >= 0.3 is 0 Å². The van der Waals surface area contributed by atoms with Crippen molar-refractivity contribution >= 4 is 11.8 Å². The van der Waals surface area contributed by atoms with E-state index in [0.29, 0.717) is 0 Å². The summed E-state index contributed by atoms with van der Waals surface area (Å²) in [6.07, 6.45) is 4.31. The number of hydrazine groups is 1. The molecule has 2 aliphatic carbocycles. The monoisotopic (exact) mass is 332 g/mol. The molecule has 0 bridgehead atoms. The minimum Gasteiger partial charge on any atom is -0.273 e. The van der Waals surface area contributed by atoms with Crippen molar-refractivity contribution in [2.45, 2.75) is 55.4 Å². The summed E-state index contributed by atoms with van der Waals surface area (Å²) in [5, 5.41) is 0. The standard InChI is InChI=1S/C20H32N2O2/c1-11(2)9-13-15(19(13,5)6)17(23)21-22-18(24)16-14(10-12(3)4)20(16,7)8/h9-10,13-16H,1-8H3,(H,21,23)(H,22,24)/t13-,14-,15-,16-/m0/s1. The van der Waals surface area contributed by atoms with E-state index in [-0.39, 0.29) is 46.3 Å². The largest absolute Gasteiger partial charge is 0.273 e. The second-order valence-corrected chi connectivity index (χ2v) is 9.12. The van der Waals surface area contributed by atoms with Gasteiger partial charge in [0.05, 0.1) is 11.8 Å². The van der Waals surface area contributed by atoms with Crippen LogP contribution in [0.2, 0.25) is 0 Å². The van der Waals surface area contributed by atoms with Crippen LogP contribution in [-0.4, -0.2) is 11.8 Å². The SMILES string of the molecule is CC(C)=C[C@H]1[C@@H](C(=O)NNC(=O)[C@@H]2[C@H](C=C(C)C)C2(C)C)C1(C)C. The fraction of sp³-hybridized carbons (Fsp3) is 0.700. The fourth-order valence-electron chi connectivity index (χ4n) is 3.98. The molecule has 2 fully saturated rings. The van der Waals surface area contributed by atoms with Gasteiger partial charge in [-0.25, -0.2) is 0 Å². The van der Waals surface area contributed by atoms with Crippen LogP contribution in [0.25, 0.3) is 0 Å². The topological polar surface area (TPSA) is 58.2 Å². The van der Waals surface area contributed by atoms with Crippen molar-refractivity contribution < 1.29 is 9.59 Å². The van der Waals surface area contributed by atoms with Crippen molar-refractivity contribution in [3.05, 3.63) is 23.3 Å². The molecule has 2 N–H and O–H groups in total. The van der Waals surface area contributed by atoms with E-state index in [1.54, 1.807) is 0 Å². The van der Waals surface area contributed by atoms with Crippen LogP contribution in [0.3, 0.4) is 0 Å². The maximum absolute atomic E-state index is 12.4. The van der Waals surface area contributed by atoms with Crippen molar-refractivity contribution in [1.29, 1.82) is 0 Å². The van der Waals surface area contributed by atoms with Crippen molar-refractivity contribution in [2.75, 3.05) is 0 Å². The molecule has 134 valence electrons. The van der Waals surface area contributed by atoms with Crippen molar-refractivity contribution in [2.24, 2.45) is 34.5 Å². The molecule has 0 radical (unpaired) electrons. The Bertz CT molecular complexity index is 551. The van der Waals surface area contributed by atoms with Gasteiger partial charge < -0.3 is 0 Å². The van der Waals surface area contributed by atoms with Crippen LogP contribution < -0.4 is 10.9 Å². The van der Waals surface area contributed by atoms with Gasteiger partial charge in [-0.1, -0.05) is 51.0 Å².